The zero-order chi connectivity index (χ0) is 28.8. The van der Waals surface area contributed by atoms with Crippen LogP contribution in [-0.4, -0.2) is 56.2 Å². The first kappa shape index (κ1) is 28.0. The number of aromatic nitrogens is 4. The number of ether oxygens (including phenoxy) is 1. The quantitative estimate of drug-likeness (QED) is 0.315. The highest BCUT2D eigenvalue weighted by Crippen LogP contribution is 2.26. The fraction of sp³-hybridized carbons (Fsp3) is 0.300. The summed E-state index contributed by atoms with van der Waals surface area (Å²) < 4.78 is 34.7. The van der Waals surface area contributed by atoms with Crippen LogP contribution in [0.25, 0.3) is 11.4 Å². The Labute approximate surface area is 236 Å². The molecule has 0 radical (unpaired) electrons. The zero-order valence-electron chi connectivity index (χ0n) is 22.5. The van der Waals surface area contributed by atoms with E-state index in [1.807, 2.05) is 19.1 Å². The summed E-state index contributed by atoms with van der Waals surface area (Å²) in [5.74, 6) is -1.99. The van der Waals surface area contributed by atoms with Crippen LogP contribution in [0, 0.1) is 18.6 Å². The highest BCUT2D eigenvalue weighted by molar-refractivity contribution is 5.88. The lowest BCUT2D eigenvalue weighted by atomic mass is 10.0. The lowest BCUT2D eigenvalue weighted by Crippen LogP contribution is -2.46. The van der Waals surface area contributed by atoms with Crippen LogP contribution in [0.3, 0.4) is 0 Å². The summed E-state index contributed by atoms with van der Waals surface area (Å²) in [5, 5.41) is 14.9. The molecule has 3 aromatic carbocycles. The lowest BCUT2D eigenvalue weighted by Gasteiger charge is -2.32. The largest absolute Gasteiger partial charge is 0.376 e. The molecular weight excluding hydrogens is 530 g/mol. The van der Waals surface area contributed by atoms with Gasteiger partial charge in [0.05, 0.1) is 11.7 Å². The molecule has 2 atom stereocenters. The molecule has 1 aromatic heterocycles. The Bertz CT molecular complexity index is 1500. The van der Waals surface area contributed by atoms with Crippen LogP contribution in [0.1, 0.15) is 35.6 Å². The summed E-state index contributed by atoms with van der Waals surface area (Å²) >= 11 is 0. The number of nitrogens with zero attached hydrogens (tertiary/aromatic N) is 5. The number of amides is 2. The molecule has 1 N–H and O–H groups in total. The van der Waals surface area contributed by atoms with Crippen molar-refractivity contribution in [2.24, 2.45) is 0 Å². The van der Waals surface area contributed by atoms with Gasteiger partial charge in [0.1, 0.15) is 24.2 Å². The van der Waals surface area contributed by atoms with Crippen LogP contribution in [0.4, 0.5) is 8.78 Å². The number of halogens is 2. The van der Waals surface area contributed by atoms with Gasteiger partial charge in [-0.25, -0.2) is 8.78 Å². The van der Waals surface area contributed by atoms with E-state index in [1.165, 1.54) is 23.1 Å². The molecule has 0 saturated carbocycles. The van der Waals surface area contributed by atoms with Crippen molar-refractivity contribution in [3.8, 4) is 11.4 Å². The van der Waals surface area contributed by atoms with Gasteiger partial charge >= 0.3 is 0 Å². The van der Waals surface area contributed by atoms with Crippen LogP contribution in [0.15, 0.2) is 72.8 Å². The second-order valence-electron chi connectivity index (χ2n) is 9.93. The lowest BCUT2D eigenvalue weighted by molar-refractivity contribution is -0.142. The molecule has 1 aliphatic rings. The van der Waals surface area contributed by atoms with Gasteiger partial charge in [-0.3, -0.25) is 9.59 Å². The number of hydrogen-bond donors (Lipinski definition) is 1. The van der Waals surface area contributed by atoms with Gasteiger partial charge in [-0.2, -0.15) is 4.80 Å². The first-order valence-electron chi connectivity index (χ1n) is 13.4. The molecule has 41 heavy (non-hydrogen) atoms. The van der Waals surface area contributed by atoms with Crippen LogP contribution >= 0.6 is 0 Å². The average Bonchev–Trinajstić information content (AvgIpc) is 3.66. The predicted molar refractivity (Wildman–Crippen MR) is 146 cm³/mol. The number of benzene rings is 3. The van der Waals surface area contributed by atoms with E-state index < -0.39 is 36.0 Å². The summed E-state index contributed by atoms with van der Waals surface area (Å²) in [7, 11) is 0. The summed E-state index contributed by atoms with van der Waals surface area (Å²) in [4.78, 5) is 30.0. The molecule has 2 amide bonds. The van der Waals surface area contributed by atoms with Crippen molar-refractivity contribution in [2.75, 3.05) is 13.2 Å². The van der Waals surface area contributed by atoms with Gasteiger partial charge in [0.15, 0.2) is 0 Å². The summed E-state index contributed by atoms with van der Waals surface area (Å²) in [6, 6.07) is 18.2. The van der Waals surface area contributed by atoms with Gasteiger partial charge in [0.2, 0.25) is 17.6 Å². The molecule has 212 valence electrons. The minimum absolute atomic E-state index is 0.0148. The minimum atomic E-state index is -1.08. The molecule has 1 saturated heterocycles. The maximum absolute atomic E-state index is 14.8. The van der Waals surface area contributed by atoms with E-state index in [2.05, 4.69) is 20.7 Å². The molecular formula is C30H30F2N6O3. The topological polar surface area (TPSA) is 102 Å². The molecule has 2 heterocycles. The normalized spacial score (nSPS) is 15.4. The molecule has 0 aliphatic carbocycles. The third-order valence-corrected chi connectivity index (χ3v) is 6.94. The second kappa shape index (κ2) is 12.8. The van der Waals surface area contributed by atoms with Crippen molar-refractivity contribution in [1.29, 1.82) is 0 Å². The van der Waals surface area contributed by atoms with E-state index in [-0.39, 0.29) is 29.6 Å². The van der Waals surface area contributed by atoms with Gasteiger partial charge in [-0.15, -0.1) is 10.2 Å². The van der Waals surface area contributed by atoms with Crippen molar-refractivity contribution in [3.05, 3.63) is 101 Å². The number of rotatable bonds is 10. The van der Waals surface area contributed by atoms with E-state index in [1.54, 1.807) is 42.5 Å². The number of carbonyl (C=O) groups excluding carboxylic acids is 2. The summed E-state index contributed by atoms with van der Waals surface area (Å²) in [6.07, 6.45) is 1.64. The summed E-state index contributed by atoms with van der Waals surface area (Å²) in [6.45, 7) is 2.25. The Morgan fingerprint density at radius 3 is 2.49 bits per heavy atom. The number of carbonyl (C=O) groups is 2. The van der Waals surface area contributed by atoms with Crippen molar-refractivity contribution >= 4 is 11.8 Å². The molecule has 11 heteroatoms. The number of tetrazole rings is 1. The monoisotopic (exact) mass is 560 g/mol. The Morgan fingerprint density at radius 1 is 1.05 bits per heavy atom. The van der Waals surface area contributed by atoms with Crippen LogP contribution < -0.4 is 5.32 Å². The van der Waals surface area contributed by atoms with Gasteiger partial charge in [-0.05, 0) is 48.7 Å². The predicted octanol–water partition coefficient (Wildman–Crippen LogP) is 3.99. The Hall–Kier alpha value is -4.51. The molecule has 1 aliphatic heterocycles. The van der Waals surface area contributed by atoms with E-state index in [9.17, 15) is 18.4 Å². The highest BCUT2D eigenvalue weighted by Gasteiger charge is 2.33. The van der Waals surface area contributed by atoms with Crippen molar-refractivity contribution in [3.63, 3.8) is 0 Å². The summed E-state index contributed by atoms with van der Waals surface area (Å²) in [5.41, 5.74) is 1.92. The first-order chi connectivity index (χ1) is 19.9. The Balaban J connectivity index is 1.47. The Morgan fingerprint density at radius 2 is 1.78 bits per heavy atom. The standard InChI is InChI=1S/C30H30F2N6O3/c1-20-12-14-21(15-13-20)28(30(40)33-17-23-8-6-16-41-23)37(18-22-7-2-4-10-25(22)31)27(39)19-38-35-29(34-36-38)24-9-3-5-11-26(24)32/h2-5,7,9-15,23,28H,6,8,16-19H2,1H3,(H,33,40)/t23-,28-/m1/s1. The molecule has 1 fully saturated rings. The Kier molecular flexibility index (Phi) is 8.73. The first-order valence-corrected chi connectivity index (χ1v) is 13.4. The fourth-order valence-corrected chi connectivity index (χ4v) is 4.74. The van der Waals surface area contributed by atoms with E-state index in [0.717, 1.165) is 23.2 Å². The fourth-order valence-electron chi connectivity index (χ4n) is 4.74. The third-order valence-electron chi connectivity index (χ3n) is 6.94. The number of nitrogens with one attached hydrogen (secondary N) is 1. The smallest absolute Gasteiger partial charge is 0.247 e. The van der Waals surface area contributed by atoms with Gasteiger partial charge < -0.3 is 15.0 Å². The van der Waals surface area contributed by atoms with Crippen molar-refractivity contribution in [1.82, 2.24) is 30.4 Å². The minimum Gasteiger partial charge on any atom is -0.376 e. The van der Waals surface area contributed by atoms with Gasteiger partial charge in [0, 0.05) is 25.3 Å². The molecule has 5 rings (SSSR count). The maximum atomic E-state index is 14.8. The van der Waals surface area contributed by atoms with Crippen LogP contribution in [0.5, 0.6) is 0 Å². The van der Waals surface area contributed by atoms with Gasteiger partial charge in [-0.1, -0.05) is 60.2 Å². The maximum Gasteiger partial charge on any atom is 0.247 e. The van der Waals surface area contributed by atoms with Gasteiger partial charge in [0.25, 0.3) is 0 Å². The van der Waals surface area contributed by atoms with E-state index >= 15 is 0 Å². The average molecular weight is 561 g/mol. The molecule has 9 nitrogen and oxygen atoms in total. The molecule has 4 aromatic rings. The molecule has 0 bridgehead atoms. The highest BCUT2D eigenvalue weighted by atomic mass is 19.1. The van der Waals surface area contributed by atoms with E-state index in [4.69, 9.17) is 4.74 Å². The number of aryl methyl sites for hydroxylation is 1. The third kappa shape index (κ3) is 6.80. The zero-order valence-corrected chi connectivity index (χ0v) is 22.5. The van der Waals surface area contributed by atoms with Crippen molar-refractivity contribution in [2.45, 2.75) is 45.0 Å². The number of hydrogen-bond acceptors (Lipinski definition) is 6. The van der Waals surface area contributed by atoms with Crippen molar-refractivity contribution < 1.29 is 23.1 Å². The van der Waals surface area contributed by atoms with Crippen LogP contribution in [0.2, 0.25) is 0 Å². The molecule has 0 unspecified atom stereocenters. The molecule has 0 spiro atoms. The van der Waals surface area contributed by atoms with E-state index in [0.29, 0.717) is 18.7 Å². The van der Waals surface area contributed by atoms with Crippen LogP contribution in [-0.2, 0) is 27.4 Å². The SMILES string of the molecule is Cc1ccc([C@H](C(=O)NC[C@H]2CCCO2)N(Cc2ccccc2F)C(=O)Cn2nnc(-c3ccccc3F)n2)cc1. The second-order valence-corrected chi connectivity index (χ2v) is 9.93.